The molecule has 2 rings (SSSR count). The molecule has 1 N–H and O–H groups in total. The van der Waals surface area contributed by atoms with E-state index in [9.17, 15) is 8.42 Å². The van der Waals surface area contributed by atoms with E-state index < -0.39 is 10.0 Å². The minimum Gasteiger partial charge on any atom is -0.489 e. The molecule has 4 nitrogen and oxygen atoms in total. The SMILES string of the molecule is CS(=O)(=O)NC1=CCOc2ccccc21. The van der Waals surface area contributed by atoms with Crippen LogP contribution in [0.25, 0.3) is 5.70 Å². The summed E-state index contributed by atoms with van der Waals surface area (Å²) in [5, 5.41) is 0. The van der Waals surface area contributed by atoms with Crippen molar-refractivity contribution in [3.8, 4) is 5.75 Å². The van der Waals surface area contributed by atoms with Gasteiger partial charge in [-0.1, -0.05) is 12.1 Å². The number of benzene rings is 1. The normalized spacial score (nSPS) is 14.9. The van der Waals surface area contributed by atoms with Crippen molar-refractivity contribution in [2.24, 2.45) is 0 Å². The Balaban J connectivity index is 2.39. The lowest BCUT2D eigenvalue weighted by atomic mass is 10.1. The van der Waals surface area contributed by atoms with Gasteiger partial charge in [0.25, 0.3) is 0 Å². The van der Waals surface area contributed by atoms with E-state index in [4.69, 9.17) is 4.74 Å². The number of sulfonamides is 1. The van der Waals surface area contributed by atoms with Gasteiger partial charge in [-0.25, -0.2) is 8.42 Å². The summed E-state index contributed by atoms with van der Waals surface area (Å²) in [6, 6.07) is 7.32. The van der Waals surface area contributed by atoms with Crippen LogP contribution < -0.4 is 9.46 Å². The maximum atomic E-state index is 11.1. The third-order valence-corrected chi connectivity index (χ3v) is 2.59. The van der Waals surface area contributed by atoms with Gasteiger partial charge in [0.2, 0.25) is 10.0 Å². The van der Waals surface area contributed by atoms with Crippen LogP contribution in [0.2, 0.25) is 0 Å². The first-order valence-electron chi connectivity index (χ1n) is 4.46. The number of ether oxygens (including phenoxy) is 1. The molecule has 1 heterocycles. The molecule has 0 saturated heterocycles. The second kappa shape index (κ2) is 3.58. The van der Waals surface area contributed by atoms with Gasteiger partial charge < -0.3 is 4.74 Å². The summed E-state index contributed by atoms with van der Waals surface area (Å²) >= 11 is 0. The van der Waals surface area contributed by atoms with Crippen LogP contribution in [-0.4, -0.2) is 21.3 Å². The largest absolute Gasteiger partial charge is 0.489 e. The Morgan fingerprint density at radius 1 is 1.33 bits per heavy atom. The van der Waals surface area contributed by atoms with E-state index in [0.717, 1.165) is 11.8 Å². The van der Waals surface area contributed by atoms with Crippen LogP contribution in [0.15, 0.2) is 30.3 Å². The van der Waals surface area contributed by atoms with Crippen LogP contribution in [0, 0.1) is 0 Å². The summed E-state index contributed by atoms with van der Waals surface area (Å²) in [7, 11) is -3.24. The first-order valence-corrected chi connectivity index (χ1v) is 6.35. The van der Waals surface area contributed by atoms with Crippen molar-refractivity contribution in [3.63, 3.8) is 0 Å². The average molecular weight is 225 g/mol. The fourth-order valence-electron chi connectivity index (χ4n) is 1.44. The van der Waals surface area contributed by atoms with Gasteiger partial charge in [-0.05, 0) is 18.2 Å². The zero-order chi connectivity index (χ0) is 10.9. The quantitative estimate of drug-likeness (QED) is 0.816. The highest BCUT2D eigenvalue weighted by molar-refractivity contribution is 7.89. The molecular weight excluding hydrogens is 214 g/mol. The predicted octanol–water partition coefficient (Wildman–Crippen LogP) is 0.969. The fraction of sp³-hybridized carbons (Fsp3) is 0.200. The maximum Gasteiger partial charge on any atom is 0.229 e. The van der Waals surface area contributed by atoms with Crippen LogP contribution in [0.4, 0.5) is 0 Å². The molecule has 0 aliphatic carbocycles. The number of rotatable bonds is 2. The lowest BCUT2D eigenvalue weighted by molar-refractivity contribution is 0.356. The highest BCUT2D eigenvalue weighted by Crippen LogP contribution is 2.27. The summed E-state index contributed by atoms with van der Waals surface area (Å²) in [6.45, 7) is 0.384. The summed E-state index contributed by atoms with van der Waals surface area (Å²) < 4.78 is 30.1. The minimum absolute atomic E-state index is 0.384. The summed E-state index contributed by atoms with van der Waals surface area (Å²) in [4.78, 5) is 0. The van der Waals surface area contributed by atoms with Gasteiger partial charge in [0.1, 0.15) is 12.4 Å². The van der Waals surface area contributed by atoms with Crippen LogP contribution in [0.3, 0.4) is 0 Å². The van der Waals surface area contributed by atoms with Gasteiger partial charge >= 0.3 is 0 Å². The zero-order valence-corrected chi connectivity index (χ0v) is 9.04. The average Bonchev–Trinajstić information content (AvgIpc) is 2.16. The third-order valence-electron chi connectivity index (χ3n) is 2.00. The van der Waals surface area contributed by atoms with Gasteiger partial charge in [-0.2, -0.15) is 0 Å². The Morgan fingerprint density at radius 3 is 2.80 bits per heavy atom. The van der Waals surface area contributed by atoms with E-state index >= 15 is 0 Å². The third kappa shape index (κ3) is 2.30. The second-order valence-electron chi connectivity index (χ2n) is 3.30. The van der Waals surface area contributed by atoms with Crippen molar-refractivity contribution < 1.29 is 13.2 Å². The number of nitrogens with one attached hydrogen (secondary N) is 1. The Bertz CT molecular complexity index is 505. The number of fused-ring (bicyclic) bond motifs is 1. The molecule has 5 heteroatoms. The van der Waals surface area contributed by atoms with E-state index in [1.165, 1.54) is 0 Å². The van der Waals surface area contributed by atoms with Crippen molar-refractivity contribution in [1.82, 2.24) is 4.72 Å². The molecule has 0 spiro atoms. The lowest BCUT2D eigenvalue weighted by Crippen LogP contribution is -2.23. The Kier molecular flexibility index (Phi) is 2.40. The Hall–Kier alpha value is -1.49. The maximum absolute atomic E-state index is 11.1. The van der Waals surface area contributed by atoms with Crippen molar-refractivity contribution in [1.29, 1.82) is 0 Å². The lowest BCUT2D eigenvalue weighted by Gasteiger charge is -2.18. The zero-order valence-electron chi connectivity index (χ0n) is 8.23. The van der Waals surface area contributed by atoms with Crippen molar-refractivity contribution in [2.75, 3.05) is 12.9 Å². The molecule has 0 radical (unpaired) electrons. The van der Waals surface area contributed by atoms with E-state index in [-0.39, 0.29) is 0 Å². The van der Waals surface area contributed by atoms with Crippen LogP contribution in [0.5, 0.6) is 5.75 Å². The predicted molar refractivity (Wildman–Crippen MR) is 57.9 cm³/mol. The molecule has 1 aromatic rings. The van der Waals surface area contributed by atoms with Gasteiger partial charge in [-0.3, -0.25) is 4.72 Å². The molecule has 0 bridgehead atoms. The standard InChI is InChI=1S/C10H11NO3S/c1-15(12,13)11-9-6-7-14-10-5-3-2-4-8(9)10/h2-6,11H,7H2,1H3. The molecule has 1 aliphatic rings. The fourth-order valence-corrected chi connectivity index (χ4v) is 2.03. The molecule has 0 unspecified atom stereocenters. The van der Waals surface area contributed by atoms with Crippen molar-refractivity contribution in [3.05, 3.63) is 35.9 Å². The number of hydrogen-bond acceptors (Lipinski definition) is 3. The second-order valence-corrected chi connectivity index (χ2v) is 5.05. The number of hydrogen-bond donors (Lipinski definition) is 1. The van der Waals surface area contributed by atoms with Crippen molar-refractivity contribution in [2.45, 2.75) is 0 Å². The molecule has 1 aromatic carbocycles. The van der Waals surface area contributed by atoms with Gasteiger partial charge in [0.15, 0.2) is 0 Å². The molecule has 0 amide bonds. The molecule has 15 heavy (non-hydrogen) atoms. The van der Waals surface area contributed by atoms with Gasteiger partial charge in [0, 0.05) is 5.56 Å². The Labute approximate surface area is 88.6 Å². The molecule has 0 saturated carbocycles. The van der Waals surface area contributed by atoms with Crippen molar-refractivity contribution >= 4 is 15.7 Å². The van der Waals surface area contributed by atoms with E-state index in [0.29, 0.717) is 18.1 Å². The number of para-hydroxylation sites is 1. The summed E-state index contributed by atoms with van der Waals surface area (Å²) in [6.07, 6.45) is 2.84. The van der Waals surface area contributed by atoms with E-state index in [2.05, 4.69) is 4.72 Å². The summed E-state index contributed by atoms with van der Waals surface area (Å²) in [5.41, 5.74) is 1.36. The molecule has 80 valence electrons. The van der Waals surface area contributed by atoms with Crippen LogP contribution >= 0.6 is 0 Å². The molecule has 1 aliphatic heterocycles. The first-order chi connectivity index (χ1) is 7.06. The highest BCUT2D eigenvalue weighted by atomic mass is 32.2. The molecular formula is C10H11NO3S. The van der Waals surface area contributed by atoms with Gasteiger partial charge in [0.05, 0.1) is 12.0 Å². The highest BCUT2D eigenvalue weighted by Gasteiger charge is 2.15. The topological polar surface area (TPSA) is 55.4 Å². The van der Waals surface area contributed by atoms with Crippen LogP contribution in [-0.2, 0) is 10.0 Å². The first kappa shape index (κ1) is 10.0. The van der Waals surface area contributed by atoms with E-state index in [1.54, 1.807) is 6.08 Å². The minimum atomic E-state index is -3.24. The molecule has 0 atom stereocenters. The van der Waals surface area contributed by atoms with Crippen LogP contribution in [0.1, 0.15) is 5.56 Å². The Morgan fingerprint density at radius 2 is 2.07 bits per heavy atom. The van der Waals surface area contributed by atoms with E-state index in [1.807, 2.05) is 24.3 Å². The summed E-state index contributed by atoms with van der Waals surface area (Å²) in [5.74, 6) is 0.700. The molecule has 0 aromatic heterocycles. The van der Waals surface area contributed by atoms with Gasteiger partial charge in [-0.15, -0.1) is 0 Å². The molecule has 0 fully saturated rings. The smallest absolute Gasteiger partial charge is 0.229 e. The monoisotopic (exact) mass is 225 g/mol.